The molecule has 3 N–H and O–H groups in total. The highest BCUT2D eigenvalue weighted by molar-refractivity contribution is 7.89. The molecular weight excluding hydrogens is 707 g/mol. The molecule has 4 aromatic carbocycles. The largest absolute Gasteiger partial charge is 0.392 e. The fourth-order valence-electron chi connectivity index (χ4n) is 7.30. The number of carbonyl (C=O) groups is 1. The van der Waals surface area contributed by atoms with E-state index >= 15 is 0 Å². The Bertz CT molecular complexity index is 1930. The van der Waals surface area contributed by atoms with Gasteiger partial charge in [0.1, 0.15) is 6.04 Å². The van der Waals surface area contributed by atoms with Crippen molar-refractivity contribution in [2.75, 3.05) is 32.8 Å². The lowest BCUT2D eigenvalue weighted by Crippen LogP contribution is -2.48. The van der Waals surface area contributed by atoms with Crippen molar-refractivity contribution in [1.82, 2.24) is 14.9 Å². The minimum absolute atomic E-state index is 0.0203. The Hall–Kier alpha value is -3.98. The van der Waals surface area contributed by atoms with Crippen LogP contribution in [0.25, 0.3) is 0 Å². The van der Waals surface area contributed by atoms with Gasteiger partial charge in [0, 0.05) is 51.0 Å². The van der Waals surface area contributed by atoms with Gasteiger partial charge in [-0.25, -0.2) is 8.42 Å². The summed E-state index contributed by atoms with van der Waals surface area (Å²) in [7, 11) is -3.95. The average molecular weight is 756 g/mol. The second-order valence-electron chi connectivity index (χ2n) is 14.4. The monoisotopic (exact) mass is 755 g/mol. The zero-order chi connectivity index (χ0) is 37.5. The predicted molar refractivity (Wildman–Crippen MR) is 202 cm³/mol. The summed E-state index contributed by atoms with van der Waals surface area (Å²) >= 11 is 0. The van der Waals surface area contributed by atoms with Crippen molar-refractivity contribution < 1.29 is 37.3 Å². The van der Waals surface area contributed by atoms with E-state index in [9.17, 15) is 18.3 Å². The van der Waals surface area contributed by atoms with E-state index in [0.717, 1.165) is 65.9 Å². The normalized spacial score (nSPS) is 22.2. The molecule has 1 spiro atoms. The molecule has 1 amide bonds. The lowest BCUT2D eigenvalue weighted by molar-refractivity contribution is -0.255. The van der Waals surface area contributed by atoms with Gasteiger partial charge in [-0.3, -0.25) is 4.79 Å². The molecule has 3 aliphatic rings. The summed E-state index contributed by atoms with van der Waals surface area (Å²) in [5.74, 6) is -0.864. The van der Waals surface area contributed by atoms with Crippen LogP contribution in [0.2, 0.25) is 0 Å². The van der Waals surface area contributed by atoms with E-state index in [2.05, 4.69) is 14.9 Å². The van der Waals surface area contributed by atoms with Crippen LogP contribution in [0.15, 0.2) is 108 Å². The molecule has 0 radical (unpaired) electrons. The maximum Gasteiger partial charge on any atom is 0.241 e. The van der Waals surface area contributed by atoms with Crippen LogP contribution in [-0.4, -0.2) is 75.1 Å². The highest BCUT2D eigenvalue weighted by Gasteiger charge is 2.41. The quantitative estimate of drug-likeness (QED) is 0.171. The van der Waals surface area contributed by atoms with Gasteiger partial charge < -0.3 is 34.3 Å². The van der Waals surface area contributed by atoms with Gasteiger partial charge in [-0.1, -0.05) is 96.6 Å². The van der Waals surface area contributed by atoms with Crippen molar-refractivity contribution in [3.8, 4) is 0 Å². The summed E-state index contributed by atoms with van der Waals surface area (Å²) in [6.45, 7) is 5.85. The van der Waals surface area contributed by atoms with Gasteiger partial charge in [0.15, 0.2) is 12.1 Å². The number of aryl methyl sites for hydroxylation is 1. The van der Waals surface area contributed by atoms with Crippen LogP contribution in [0.3, 0.4) is 0 Å². The first kappa shape index (κ1) is 38.3. The molecule has 3 saturated heterocycles. The number of hydrogen-bond acceptors (Lipinski definition) is 9. The Morgan fingerprint density at radius 1 is 0.833 bits per heavy atom. The molecule has 0 aliphatic carbocycles. The molecule has 4 aromatic rings. The van der Waals surface area contributed by atoms with E-state index in [-0.39, 0.29) is 36.7 Å². The van der Waals surface area contributed by atoms with Crippen LogP contribution in [0, 0.1) is 6.92 Å². The number of hydrogen-bond donors (Lipinski definition) is 3. The zero-order valence-corrected chi connectivity index (χ0v) is 31.4. The lowest BCUT2D eigenvalue weighted by atomic mass is 9.98. The zero-order valence-electron chi connectivity index (χ0n) is 30.6. The molecule has 12 heteroatoms. The fraction of sp³-hybridized carbons (Fsp3) is 0.405. The number of nitrogens with one attached hydrogen (secondary N) is 2. The first-order valence-electron chi connectivity index (χ1n) is 18.7. The molecule has 0 bridgehead atoms. The van der Waals surface area contributed by atoms with Gasteiger partial charge >= 0.3 is 0 Å². The van der Waals surface area contributed by atoms with Crippen LogP contribution in [0.5, 0.6) is 0 Å². The number of aliphatic hydroxyl groups is 1. The van der Waals surface area contributed by atoms with E-state index in [1.54, 1.807) is 12.1 Å². The first-order chi connectivity index (χ1) is 26.2. The molecule has 3 aliphatic heterocycles. The van der Waals surface area contributed by atoms with Crippen molar-refractivity contribution in [1.29, 1.82) is 0 Å². The third-order valence-corrected chi connectivity index (χ3v) is 11.9. The minimum atomic E-state index is -3.95. The number of carbonyl (C=O) groups excluding carboxylic acids is 1. The first-order valence-corrected chi connectivity index (χ1v) is 20.2. The van der Waals surface area contributed by atoms with E-state index < -0.39 is 34.0 Å². The van der Waals surface area contributed by atoms with Crippen molar-refractivity contribution in [3.63, 3.8) is 0 Å². The Morgan fingerprint density at radius 2 is 1.48 bits per heavy atom. The van der Waals surface area contributed by atoms with Crippen molar-refractivity contribution in [3.05, 3.63) is 137 Å². The van der Waals surface area contributed by atoms with Crippen molar-refractivity contribution in [2.45, 2.75) is 81.0 Å². The summed E-state index contributed by atoms with van der Waals surface area (Å²) in [5, 5.41) is 12.5. The van der Waals surface area contributed by atoms with Crippen molar-refractivity contribution in [2.24, 2.45) is 0 Å². The topological polar surface area (TPSA) is 136 Å². The Kier molecular flexibility index (Phi) is 12.2. The number of benzene rings is 4. The van der Waals surface area contributed by atoms with Gasteiger partial charge in [-0.05, 0) is 47.7 Å². The molecule has 0 unspecified atom stereocenters. The Balaban J connectivity index is 1.01. The van der Waals surface area contributed by atoms with Crippen LogP contribution in [-0.2, 0) is 53.3 Å². The van der Waals surface area contributed by atoms with Crippen LogP contribution < -0.4 is 10.0 Å². The molecule has 0 aromatic heterocycles. The molecule has 3 fully saturated rings. The van der Waals surface area contributed by atoms with E-state index in [1.165, 1.54) is 12.1 Å². The molecule has 7 rings (SSSR count). The summed E-state index contributed by atoms with van der Waals surface area (Å²) in [5.41, 5.74) is 5.34. The van der Waals surface area contributed by atoms with Gasteiger partial charge in [-0.2, -0.15) is 4.72 Å². The lowest BCUT2D eigenvalue weighted by Gasteiger charge is -2.41. The van der Waals surface area contributed by atoms with E-state index in [0.29, 0.717) is 19.6 Å². The summed E-state index contributed by atoms with van der Waals surface area (Å²) in [6.07, 6.45) is 1.63. The second-order valence-corrected chi connectivity index (χ2v) is 16.1. The second kappa shape index (κ2) is 17.2. The fourth-order valence-corrected chi connectivity index (χ4v) is 8.49. The minimum Gasteiger partial charge on any atom is -0.392 e. The van der Waals surface area contributed by atoms with Crippen LogP contribution in [0.4, 0.5) is 0 Å². The number of nitrogens with zero attached hydrogens (tertiary/aromatic N) is 1. The number of sulfonamides is 1. The SMILES string of the molecule is Cc1ccc(S(=O)(=O)N[C@H](Cc2ccccc2)C(=O)NCc2ccc([C@@H]3O[C@H](CN4CCC5(CC4)OCCO5)C[C@H](c4ccc(CO)cc4)O3)cc2)cc1. The standard InChI is InChI=1S/C42H49N3O8S/c1-30-7-17-37(18-8-30)54(48,49)44-38(25-31-5-3-2-4-6-31)40(47)43-27-32-9-15-35(16-10-32)41-52-36(26-39(53-41)34-13-11-33(29-46)12-14-34)28-45-21-19-42(20-22-45)50-23-24-51-42/h2-18,36,38-39,41,44,46H,19-29H2,1H3,(H,43,47)/t36-,38+,39+,41+/m0/s1. The smallest absolute Gasteiger partial charge is 0.241 e. The summed E-state index contributed by atoms with van der Waals surface area (Å²) in [4.78, 5) is 16.1. The van der Waals surface area contributed by atoms with Crippen LogP contribution in [0.1, 0.15) is 65.0 Å². The third kappa shape index (κ3) is 9.63. The van der Waals surface area contributed by atoms with E-state index in [4.69, 9.17) is 18.9 Å². The maximum atomic E-state index is 13.6. The Morgan fingerprint density at radius 3 is 2.15 bits per heavy atom. The maximum absolute atomic E-state index is 13.6. The summed E-state index contributed by atoms with van der Waals surface area (Å²) in [6, 6.07) is 30.5. The number of aliphatic hydroxyl groups excluding tert-OH is 1. The summed E-state index contributed by atoms with van der Waals surface area (Å²) < 4.78 is 54.3. The molecule has 4 atom stereocenters. The molecule has 11 nitrogen and oxygen atoms in total. The molecule has 0 saturated carbocycles. The number of ether oxygens (including phenoxy) is 4. The average Bonchev–Trinajstić information content (AvgIpc) is 3.66. The number of rotatable bonds is 13. The van der Waals surface area contributed by atoms with Gasteiger partial charge in [0.05, 0.1) is 36.9 Å². The third-order valence-electron chi connectivity index (χ3n) is 10.5. The van der Waals surface area contributed by atoms with Gasteiger partial charge in [0.25, 0.3) is 0 Å². The van der Waals surface area contributed by atoms with E-state index in [1.807, 2.05) is 85.8 Å². The molecule has 54 heavy (non-hydrogen) atoms. The predicted octanol–water partition coefficient (Wildman–Crippen LogP) is 5.08. The number of likely N-dealkylation sites (tertiary alicyclic amines) is 1. The molecule has 3 heterocycles. The highest BCUT2D eigenvalue weighted by Crippen LogP contribution is 2.39. The van der Waals surface area contributed by atoms with Gasteiger partial charge in [-0.15, -0.1) is 0 Å². The van der Waals surface area contributed by atoms with Gasteiger partial charge in [0.2, 0.25) is 15.9 Å². The Labute approximate surface area is 317 Å². The van der Waals surface area contributed by atoms with Crippen LogP contribution >= 0.6 is 0 Å². The molecular formula is C42H49N3O8S. The number of amides is 1. The number of piperidine rings is 1. The van der Waals surface area contributed by atoms with Crippen molar-refractivity contribution >= 4 is 15.9 Å². The highest BCUT2D eigenvalue weighted by atomic mass is 32.2. The molecule has 286 valence electrons.